The van der Waals surface area contributed by atoms with Gasteiger partial charge in [-0.05, 0) is 95.6 Å². The van der Waals surface area contributed by atoms with E-state index in [1.165, 1.54) is 6.92 Å². The van der Waals surface area contributed by atoms with E-state index in [9.17, 15) is 19.2 Å². The third-order valence-electron chi connectivity index (χ3n) is 9.20. The van der Waals surface area contributed by atoms with E-state index in [0.29, 0.717) is 48.6 Å². The summed E-state index contributed by atoms with van der Waals surface area (Å²) in [6, 6.07) is 21.6. The first-order valence-corrected chi connectivity index (χ1v) is 17.0. The topological polar surface area (TPSA) is 112 Å². The van der Waals surface area contributed by atoms with E-state index >= 15 is 0 Å². The predicted octanol–water partition coefficient (Wildman–Crippen LogP) is 7.18. The third-order valence-corrected chi connectivity index (χ3v) is 9.99. The number of hydrogen-bond donors (Lipinski definition) is 2. The predicted molar refractivity (Wildman–Crippen MR) is 186 cm³/mol. The summed E-state index contributed by atoms with van der Waals surface area (Å²) in [5, 5.41) is 6.77. The molecule has 2 saturated heterocycles. The van der Waals surface area contributed by atoms with Crippen molar-refractivity contribution in [3.63, 3.8) is 0 Å². The Balaban J connectivity index is 1.15. The van der Waals surface area contributed by atoms with Gasteiger partial charge in [-0.25, -0.2) is 0 Å². The summed E-state index contributed by atoms with van der Waals surface area (Å²) in [4.78, 5) is 55.4. The molecule has 1 unspecified atom stereocenters. The van der Waals surface area contributed by atoms with Crippen molar-refractivity contribution in [3.8, 4) is 11.3 Å². The lowest BCUT2D eigenvalue weighted by Gasteiger charge is -2.30. The van der Waals surface area contributed by atoms with E-state index < -0.39 is 12.1 Å². The van der Waals surface area contributed by atoms with Crippen molar-refractivity contribution in [2.24, 2.45) is 5.92 Å². The number of likely N-dealkylation sites (tertiary alicyclic amines) is 2. The van der Waals surface area contributed by atoms with E-state index in [-0.39, 0.29) is 35.5 Å². The molecule has 2 N–H and O–H groups in total. The van der Waals surface area contributed by atoms with Gasteiger partial charge < -0.3 is 24.9 Å². The number of carbonyl (C=O) groups is 4. The average molecular weight is 700 g/mol. The molecule has 0 spiro atoms. The maximum atomic E-state index is 13.8. The highest BCUT2D eigenvalue weighted by molar-refractivity contribution is 9.10. The van der Waals surface area contributed by atoms with E-state index in [0.717, 1.165) is 33.8 Å². The minimum atomic E-state index is -0.537. The number of halogens is 1. The molecule has 0 radical (unpaired) electrons. The molecule has 244 valence electrons. The van der Waals surface area contributed by atoms with Crippen molar-refractivity contribution in [3.05, 3.63) is 82.8 Å². The SMILES string of the molecule is CC(=O)N1CCC[C@H]1C(=O)Nc1ccc(-c2oc3ccc(NC(=O)[C@@H]4CCCN4C(=O)C(c4ccccc4)C(C)C)cc3c2Br)cc1. The van der Waals surface area contributed by atoms with Crippen LogP contribution in [0.2, 0.25) is 0 Å². The summed E-state index contributed by atoms with van der Waals surface area (Å²) >= 11 is 3.69. The lowest BCUT2D eigenvalue weighted by molar-refractivity contribution is -0.138. The Morgan fingerprint density at radius 3 is 2.04 bits per heavy atom. The van der Waals surface area contributed by atoms with Crippen molar-refractivity contribution in [1.82, 2.24) is 9.80 Å². The number of hydrogen-bond acceptors (Lipinski definition) is 5. The lowest BCUT2D eigenvalue weighted by atomic mass is 9.87. The summed E-state index contributed by atoms with van der Waals surface area (Å²) < 4.78 is 6.92. The maximum absolute atomic E-state index is 13.8. The normalized spacial score (nSPS) is 18.5. The molecule has 0 saturated carbocycles. The molecule has 1 aromatic heterocycles. The molecule has 0 aliphatic carbocycles. The summed E-state index contributed by atoms with van der Waals surface area (Å²) in [6.07, 6.45) is 2.86. The fraction of sp³-hybridized carbons (Fsp3) is 0.351. The number of nitrogens with zero attached hydrogens (tertiary/aromatic N) is 2. The molecule has 4 amide bonds. The minimum Gasteiger partial charge on any atom is -0.455 e. The standard InChI is InChI=1S/C37H39BrN4O5/c1-22(2)32(24-9-5-4-6-10-24)37(46)42-20-8-12-30(42)36(45)40-27-17-18-31-28(21-27)33(38)34(47-31)25-13-15-26(16-14-25)39-35(44)29-11-7-19-41(29)23(3)43/h4-6,9-10,13-18,21-22,29-30,32H,7-8,11-12,19-20H2,1-3H3,(H,39,44)(H,40,45)/t29-,30-,32?/m0/s1. The van der Waals surface area contributed by atoms with Crippen molar-refractivity contribution >= 4 is 61.9 Å². The van der Waals surface area contributed by atoms with Gasteiger partial charge in [0.05, 0.1) is 10.4 Å². The third kappa shape index (κ3) is 6.70. The van der Waals surface area contributed by atoms with Crippen LogP contribution in [0, 0.1) is 5.92 Å². The molecule has 47 heavy (non-hydrogen) atoms. The zero-order valence-corrected chi connectivity index (χ0v) is 28.4. The molecular weight excluding hydrogens is 660 g/mol. The molecule has 9 nitrogen and oxygen atoms in total. The Kier molecular flexibility index (Phi) is 9.50. The maximum Gasteiger partial charge on any atom is 0.247 e. The first-order valence-electron chi connectivity index (χ1n) is 16.2. The Bertz CT molecular complexity index is 1800. The molecule has 3 heterocycles. The molecular formula is C37H39BrN4O5. The minimum absolute atomic E-state index is 0.0105. The van der Waals surface area contributed by atoms with Crippen LogP contribution in [-0.4, -0.2) is 58.6 Å². The van der Waals surface area contributed by atoms with Gasteiger partial charge in [0, 0.05) is 42.3 Å². The summed E-state index contributed by atoms with van der Waals surface area (Å²) in [7, 11) is 0. The molecule has 2 aliphatic heterocycles. The Morgan fingerprint density at radius 2 is 1.40 bits per heavy atom. The molecule has 6 rings (SSSR count). The molecule has 10 heteroatoms. The monoisotopic (exact) mass is 698 g/mol. The van der Waals surface area contributed by atoms with Crippen LogP contribution < -0.4 is 10.6 Å². The van der Waals surface area contributed by atoms with Crippen LogP contribution in [-0.2, 0) is 19.2 Å². The summed E-state index contributed by atoms with van der Waals surface area (Å²) in [5.41, 5.74) is 3.67. The molecule has 2 fully saturated rings. The van der Waals surface area contributed by atoms with Crippen LogP contribution in [0.5, 0.6) is 0 Å². The van der Waals surface area contributed by atoms with Crippen LogP contribution in [0.15, 0.2) is 81.7 Å². The molecule has 2 aliphatic rings. The van der Waals surface area contributed by atoms with Gasteiger partial charge in [-0.1, -0.05) is 44.2 Å². The fourth-order valence-corrected chi connectivity index (χ4v) is 7.48. The first-order chi connectivity index (χ1) is 22.6. The number of fused-ring (bicyclic) bond motifs is 1. The highest BCUT2D eigenvalue weighted by atomic mass is 79.9. The highest BCUT2D eigenvalue weighted by Crippen LogP contribution is 2.39. The second-order valence-electron chi connectivity index (χ2n) is 12.7. The van der Waals surface area contributed by atoms with E-state index in [2.05, 4.69) is 26.6 Å². The van der Waals surface area contributed by atoms with Crippen molar-refractivity contribution in [2.45, 2.75) is 64.5 Å². The Morgan fingerprint density at radius 1 is 0.809 bits per heavy atom. The molecule has 4 aromatic rings. The van der Waals surface area contributed by atoms with Crippen LogP contribution >= 0.6 is 15.9 Å². The smallest absolute Gasteiger partial charge is 0.247 e. The van der Waals surface area contributed by atoms with Gasteiger partial charge in [0.1, 0.15) is 23.4 Å². The second kappa shape index (κ2) is 13.7. The zero-order chi connectivity index (χ0) is 33.2. The highest BCUT2D eigenvalue weighted by Gasteiger charge is 2.38. The van der Waals surface area contributed by atoms with E-state index in [1.807, 2.05) is 80.6 Å². The Labute approximate surface area is 282 Å². The largest absolute Gasteiger partial charge is 0.455 e. The number of furan rings is 1. The van der Waals surface area contributed by atoms with Gasteiger partial charge >= 0.3 is 0 Å². The van der Waals surface area contributed by atoms with Gasteiger partial charge in [0.25, 0.3) is 0 Å². The van der Waals surface area contributed by atoms with Crippen molar-refractivity contribution in [1.29, 1.82) is 0 Å². The van der Waals surface area contributed by atoms with Gasteiger partial charge in [0.2, 0.25) is 23.6 Å². The molecule has 0 bridgehead atoms. The number of carbonyl (C=O) groups excluding carboxylic acids is 4. The van der Waals surface area contributed by atoms with Gasteiger partial charge in [-0.3, -0.25) is 19.2 Å². The van der Waals surface area contributed by atoms with Gasteiger partial charge in [-0.2, -0.15) is 0 Å². The summed E-state index contributed by atoms with van der Waals surface area (Å²) in [6.45, 7) is 6.73. The molecule has 3 aromatic carbocycles. The summed E-state index contributed by atoms with van der Waals surface area (Å²) in [5.74, 6) is -0.0921. The second-order valence-corrected chi connectivity index (χ2v) is 13.5. The Hall–Kier alpha value is -4.44. The van der Waals surface area contributed by atoms with Crippen LogP contribution in [0.1, 0.15) is 57.9 Å². The number of amides is 4. The number of nitrogens with one attached hydrogen (secondary N) is 2. The lowest BCUT2D eigenvalue weighted by Crippen LogP contribution is -2.46. The van der Waals surface area contributed by atoms with Crippen molar-refractivity contribution < 1.29 is 23.6 Å². The van der Waals surface area contributed by atoms with Crippen LogP contribution in [0.25, 0.3) is 22.3 Å². The number of anilines is 2. The zero-order valence-electron chi connectivity index (χ0n) is 26.8. The van der Waals surface area contributed by atoms with E-state index in [4.69, 9.17) is 4.42 Å². The average Bonchev–Trinajstić information content (AvgIpc) is 3.82. The van der Waals surface area contributed by atoms with Crippen LogP contribution in [0.4, 0.5) is 11.4 Å². The fourth-order valence-electron chi connectivity index (χ4n) is 6.86. The van der Waals surface area contributed by atoms with Gasteiger partial charge in [-0.15, -0.1) is 0 Å². The van der Waals surface area contributed by atoms with E-state index in [1.54, 1.807) is 15.9 Å². The van der Waals surface area contributed by atoms with Crippen LogP contribution in [0.3, 0.4) is 0 Å². The first kappa shape index (κ1) is 32.5. The van der Waals surface area contributed by atoms with Crippen molar-refractivity contribution in [2.75, 3.05) is 23.7 Å². The quantitative estimate of drug-likeness (QED) is 0.203. The number of rotatable bonds is 8. The molecule has 3 atom stereocenters. The number of benzene rings is 3. The van der Waals surface area contributed by atoms with Gasteiger partial charge in [0.15, 0.2) is 0 Å².